The van der Waals surface area contributed by atoms with Crippen molar-refractivity contribution < 1.29 is 19.4 Å². The van der Waals surface area contributed by atoms with Gasteiger partial charge in [-0.2, -0.15) is 0 Å². The van der Waals surface area contributed by atoms with Crippen molar-refractivity contribution in [3.05, 3.63) is 0 Å². The van der Waals surface area contributed by atoms with Crippen LogP contribution >= 0.6 is 0 Å². The summed E-state index contributed by atoms with van der Waals surface area (Å²) in [6.45, 7) is 5.85. The van der Waals surface area contributed by atoms with Gasteiger partial charge in [0, 0.05) is 25.7 Å². The summed E-state index contributed by atoms with van der Waals surface area (Å²) in [5, 5.41) is 14.4. The van der Waals surface area contributed by atoms with Crippen LogP contribution in [0, 0.1) is 5.92 Å². The normalized spacial score (nSPS) is 22.9. The third-order valence-electron chi connectivity index (χ3n) is 3.66. The van der Waals surface area contributed by atoms with Crippen LogP contribution in [0.5, 0.6) is 0 Å². The topological polar surface area (TPSA) is 90.9 Å². The van der Waals surface area contributed by atoms with Gasteiger partial charge in [-0.25, -0.2) is 9.59 Å². The fourth-order valence-corrected chi connectivity index (χ4v) is 2.43. The SMILES string of the molecule is CC(CN1CCOCC1)NC(=O)NC(C(=O)O)C1CC1. The lowest BCUT2D eigenvalue weighted by Gasteiger charge is -2.29. The summed E-state index contributed by atoms with van der Waals surface area (Å²) >= 11 is 0. The molecule has 0 aromatic carbocycles. The Balaban J connectivity index is 1.70. The molecule has 1 aliphatic heterocycles. The maximum Gasteiger partial charge on any atom is 0.326 e. The first-order chi connectivity index (χ1) is 9.56. The monoisotopic (exact) mass is 285 g/mol. The molecule has 1 saturated carbocycles. The van der Waals surface area contributed by atoms with Crippen LogP contribution in [0.4, 0.5) is 4.79 Å². The number of carbonyl (C=O) groups is 2. The van der Waals surface area contributed by atoms with Gasteiger partial charge in [-0.05, 0) is 25.7 Å². The van der Waals surface area contributed by atoms with E-state index in [9.17, 15) is 9.59 Å². The van der Waals surface area contributed by atoms with Crippen molar-refractivity contribution in [3.63, 3.8) is 0 Å². The summed E-state index contributed by atoms with van der Waals surface area (Å²) in [5.41, 5.74) is 0. The maximum absolute atomic E-state index is 11.8. The highest BCUT2D eigenvalue weighted by Crippen LogP contribution is 2.32. The predicted molar refractivity (Wildman–Crippen MR) is 72.5 cm³/mol. The molecule has 0 aromatic rings. The van der Waals surface area contributed by atoms with E-state index in [4.69, 9.17) is 9.84 Å². The smallest absolute Gasteiger partial charge is 0.326 e. The molecular weight excluding hydrogens is 262 g/mol. The Kier molecular flexibility index (Phi) is 5.19. The highest BCUT2D eigenvalue weighted by Gasteiger charge is 2.37. The standard InChI is InChI=1S/C13H23N3O4/c1-9(8-16-4-6-20-7-5-16)14-13(19)15-11(12(17)18)10-2-3-10/h9-11H,2-8H2,1H3,(H,17,18)(H2,14,15,19). The van der Waals surface area contributed by atoms with Gasteiger partial charge in [-0.3, -0.25) is 4.90 Å². The molecule has 114 valence electrons. The summed E-state index contributed by atoms with van der Waals surface area (Å²) in [5.74, 6) is -0.865. The van der Waals surface area contributed by atoms with E-state index in [2.05, 4.69) is 15.5 Å². The number of hydrogen-bond donors (Lipinski definition) is 3. The van der Waals surface area contributed by atoms with E-state index in [0.29, 0.717) is 0 Å². The van der Waals surface area contributed by atoms with Gasteiger partial charge in [0.05, 0.1) is 13.2 Å². The molecule has 2 unspecified atom stereocenters. The van der Waals surface area contributed by atoms with Gasteiger partial charge >= 0.3 is 12.0 Å². The van der Waals surface area contributed by atoms with E-state index in [-0.39, 0.29) is 12.0 Å². The zero-order chi connectivity index (χ0) is 14.5. The van der Waals surface area contributed by atoms with Gasteiger partial charge < -0.3 is 20.5 Å². The zero-order valence-corrected chi connectivity index (χ0v) is 11.8. The third-order valence-corrected chi connectivity index (χ3v) is 3.66. The molecule has 7 heteroatoms. The number of rotatable bonds is 6. The van der Waals surface area contributed by atoms with Crippen molar-refractivity contribution in [1.29, 1.82) is 0 Å². The molecule has 2 rings (SSSR count). The molecule has 20 heavy (non-hydrogen) atoms. The Morgan fingerprint density at radius 3 is 2.50 bits per heavy atom. The maximum atomic E-state index is 11.8. The molecule has 7 nitrogen and oxygen atoms in total. The number of nitrogens with zero attached hydrogens (tertiary/aromatic N) is 1. The highest BCUT2D eigenvalue weighted by atomic mass is 16.5. The molecule has 0 bridgehead atoms. The number of carboxylic acid groups (broad SMARTS) is 1. The van der Waals surface area contributed by atoms with Crippen LogP contribution in [0.2, 0.25) is 0 Å². The predicted octanol–water partition coefficient (Wildman–Crippen LogP) is -0.130. The van der Waals surface area contributed by atoms with Crippen molar-refractivity contribution >= 4 is 12.0 Å². The summed E-state index contributed by atoms with van der Waals surface area (Å²) < 4.78 is 5.27. The van der Waals surface area contributed by atoms with Gasteiger partial charge in [0.15, 0.2) is 0 Å². The summed E-state index contributed by atoms with van der Waals surface area (Å²) in [4.78, 5) is 25.1. The van der Waals surface area contributed by atoms with Gasteiger partial charge in [0.25, 0.3) is 0 Å². The Bertz CT molecular complexity index is 354. The van der Waals surface area contributed by atoms with Gasteiger partial charge in [0.2, 0.25) is 0 Å². The summed E-state index contributed by atoms with van der Waals surface area (Å²) in [7, 11) is 0. The minimum atomic E-state index is -0.955. The second kappa shape index (κ2) is 6.90. The van der Waals surface area contributed by atoms with Gasteiger partial charge in [-0.1, -0.05) is 0 Å². The number of aliphatic carboxylic acids is 1. The number of carboxylic acids is 1. The Labute approximate surface area is 118 Å². The lowest BCUT2D eigenvalue weighted by atomic mass is 10.2. The molecule has 2 atom stereocenters. The van der Waals surface area contributed by atoms with Crippen LogP contribution < -0.4 is 10.6 Å². The molecule has 2 amide bonds. The molecular formula is C13H23N3O4. The zero-order valence-electron chi connectivity index (χ0n) is 11.8. The van der Waals surface area contributed by atoms with E-state index in [1.165, 1.54) is 0 Å². The number of morpholine rings is 1. The largest absolute Gasteiger partial charge is 0.480 e. The third kappa shape index (κ3) is 4.64. The number of amides is 2. The Morgan fingerprint density at radius 1 is 1.30 bits per heavy atom. The number of ether oxygens (including phenoxy) is 1. The molecule has 1 aliphatic carbocycles. The lowest BCUT2D eigenvalue weighted by molar-refractivity contribution is -0.139. The average molecular weight is 285 g/mol. The van der Waals surface area contributed by atoms with Crippen molar-refractivity contribution in [2.75, 3.05) is 32.8 Å². The number of hydrogen-bond acceptors (Lipinski definition) is 4. The number of nitrogens with one attached hydrogen (secondary N) is 2. The van der Waals surface area contributed by atoms with E-state index in [0.717, 1.165) is 45.7 Å². The van der Waals surface area contributed by atoms with E-state index in [1.807, 2.05) is 6.92 Å². The fourth-order valence-electron chi connectivity index (χ4n) is 2.43. The molecule has 0 radical (unpaired) electrons. The molecule has 2 aliphatic rings. The van der Waals surface area contributed by atoms with Crippen LogP contribution in [0.3, 0.4) is 0 Å². The van der Waals surface area contributed by atoms with E-state index < -0.39 is 18.0 Å². The minimum absolute atomic E-state index is 0.0262. The van der Waals surface area contributed by atoms with Crippen molar-refractivity contribution in [2.24, 2.45) is 5.92 Å². The van der Waals surface area contributed by atoms with Crippen LogP contribution in [0.1, 0.15) is 19.8 Å². The van der Waals surface area contributed by atoms with E-state index >= 15 is 0 Å². The Hall–Kier alpha value is -1.34. The molecule has 1 heterocycles. The quantitative estimate of drug-likeness (QED) is 0.632. The van der Waals surface area contributed by atoms with Crippen molar-refractivity contribution in [3.8, 4) is 0 Å². The number of carbonyl (C=O) groups excluding carboxylic acids is 1. The highest BCUT2D eigenvalue weighted by molar-refractivity contribution is 5.83. The first kappa shape index (κ1) is 15.1. The molecule has 0 aromatic heterocycles. The van der Waals surface area contributed by atoms with Crippen molar-refractivity contribution in [1.82, 2.24) is 15.5 Å². The lowest BCUT2D eigenvalue weighted by Crippen LogP contribution is -2.52. The summed E-state index contributed by atoms with van der Waals surface area (Å²) in [6, 6.07) is -1.18. The minimum Gasteiger partial charge on any atom is -0.480 e. The van der Waals surface area contributed by atoms with Crippen LogP contribution in [0.25, 0.3) is 0 Å². The van der Waals surface area contributed by atoms with Gasteiger partial charge in [-0.15, -0.1) is 0 Å². The number of urea groups is 1. The van der Waals surface area contributed by atoms with Crippen LogP contribution in [-0.4, -0.2) is 66.9 Å². The average Bonchev–Trinajstić information content (AvgIpc) is 3.20. The van der Waals surface area contributed by atoms with E-state index in [1.54, 1.807) is 0 Å². The van der Waals surface area contributed by atoms with Gasteiger partial charge in [0.1, 0.15) is 6.04 Å². The second-order valence-corrected chi connectivity index (χ2v) is 5.59. The van der Waals surface area contributed by atoms with Crippen LogP contribution in [0.15, 0.2) is 0 Å². The molecule has 1 saturated heterocycles. The summed E-state index contributed by atoms with van der Waals surface area (Å²) in [6.07, 6.45) is 1.75. The molecule has 0 spiro atoms. The molecule has 3 N–H and O–H groups in total. The Morgan fingerprint density at radius 2 is 1.95 bits per heavy atom. The van der Waals surface area contributed by atoms with Crippen LogP contribution in [-0.2, 0) is 9.53 Å². The first-order valence-corrected chi connectivity index (χ1v) is 7.16. The molecule has 2 fully saturated rings. The van der Waals surface area contributed by atoms with Crippen molar-refractivity contribution in [2.45, 2.75) is 31.8 Å². The fraction of sp³-hybridized carbons (Fsp3) is 0.846. The second-order valence-electron chi connectivity index (χ2n) is 5.59. The first-order valence-electron chi connectivity index (χ1n) is 7.16.